The predicted molar refractivity (Wildman–Crippen MR) is 86.8 cm³/mol. The van der Waals surface area contributed by atoms with Gasteiger partial charge in [0.2, 0.25) is 5.28 Å². The lowest BCUT2D eigenvalue weighted by Crippen LogP contribution is -1.95. The highest BCUT2D eigenvalue weighted by molar-refractivity contribution is 7.17. The van der Waals surface area contributed by atoms with Crippen molar-refractivity contribution in [2.75, 3.05) is 12.4 Å². The number of rotatable bonds is 3. The van der Waals surface area contributed by atoms with Gasteiger partial charge in [-0.2, -0.15) is 0 Å². The van der Waals surface area contributed by atoms with Crippen LogP contribution in [0, 0.1) is 0 Å². The molecule has 0 saturated carbocycles. The first kappa shape index (κ1) is 13.3. The van der Waals surface area contributed by atoms with Crippen molar-refractivity contribution in [1.82, 2.24) is 9.97 Å². The quantitative estimate of drug-likeness (QED) is 0.718. The molecule has 5 heteroatoms. The maximum Gasteiger partial charge on any atom is 0.225 e. The molecule has 0 amide bonds. The predicted octanol–water partition coefficient (Wildman–Crippen LogP) is 4.62. The summed E-state index contributed by atoms with van der Waals surface area (Å²) in [6.07, 6.45) is 1.05. The molecule has 102 valence electrons. The maximum absolute atomic E-state index is 5.94. The largest absolute Gasteiger partial charge is 0.372 e. The molecule has 3 nitrogen and oxygen atoms in total. The van der Waals surface area contributed by atoms with Gasteiger partial charge in [0.05, 0.1) is 5.39 Å². The molecule has 1 aromatic carbocycles. The number of hydrogen-bond acceptors (Lipinski definition) is 4. The van der Waals surface area contributed by atoms with E-state index in [1.807, 2.05) is 7.05 Å². The van der Waals surface area contributed by atoms with Gasteiger partial charge in [-0.25, -0.2) is 9.97 Å². The first-order valence-electron chi connectivity index (χ1n) is 6.44. The van der Waals surface area contributed by atoms with Crippen LogP contribution < -0.4 is 5.32 Å². The summed E-state index contributed by atoms with van der Waals surface area (Å²) in [5.74, 6) is 0.774. The van der Waals surface area contributed by atoms with Crippen LogP contribution in [0.4, 0.5) is 5.82 Å². The molecule has 0 radical (unpaired) electrons. The Bertz CT molecular complexity index is 750. The summed E-state index contributed by atoms with van der Waals surface area (Å²) >= 11 is 7.53. The van der Waals surface area contributed by atoms with Crippen molar-refractivity contribution >= 4 is 39.0 Å². The fourth-order valence-corrected chi connectivity index (χ4v) is 3.40. The molecule has 0 spiro atoms. The number of aromatic nitrogens is 2. The molecule has 0 saturated heterocycles. The molecule has 1 N–H and O–H groups in total. The number of halogens is 1. The summed E-state index contributed by atoms with van der Waals surface area (Å²) in [6, 6.07) is 8.62. The monoisotopic (exact) mass is 303 g/mol. The van der Waals surface area contributed by atoms with Crippen molar-refractivity contribution in [1.29, 1.82) is 0 Å². The number of thiophene rings is 1. The Balaban J connectivity index is 2.20. The molecular formula is C15H14ClN3S. The van der Waals surface area contributed by atoms with E-state index in [0.29, 0.717) is 0 Å². The van der Waals surface area contributed by atoms with E-state index in [4.69, 9.17) is 11.6 Å². The minimum absolute atomic E-state index is 0.275. The highest BCUT2D eigenvalue weighted by atomic mass is 35.5. The van der Waals surface area contributed by atoms with Gasteiger partial charge in [-0.3, -0.25) is 0 Å². The van der Waals surface area contributed by atoms with Gasteiger partial charge in [0.1, 0.15) is 10.6 Å². The summed E-state index contributed by atoms with van der Waals surface area (Å²) in [4.78, 5) is 9.47. The second-order valence-electron chi connectivity index (χ2n) is 4.47. The van der Waals surface area contributed by atoms with Gasteiger partial charge < -0.3 is 5.32 Å². The molecule has 0 aliphatic carbocycles. The van der Waals surface area contributed by atoms with Crippen molar-refractivity contribution in [3.8, 4) is 11.1 Å². The van der Waals surface area contributed by atoms with Gasteiger partial charge in [0.25, 0.3) is 0 Å². The highest BCUT2D eigenvalue weighted by Crippen LogP contribution is 2.37. The second kappa shape index (κ2) is 5.38. The minimum atomic E-state index is 0.275. The lowest BCUT2D eigenvalue weighted by Gasteiger charge is -2.06. The SMILES string of the molecule is CCc1ccc(-c2csc3nc(Cl)nc(NC)c23)cc1. The van der Waals surface area contributed by atoms with Crippen LogP contribution in [0.25, 0.3) is 21.3 Å². The third-order valence-corrected chi connectivity index (χ3v) is 4.36. The summed E-state index contributed by atoms with van der Waals surface area (Å²) in [7, 11) is 1.85. The van der Waals surface area contributed by atoms with Gasteiger partial charge >= 0.3 is 0 Å². The maximum atomic E-state index is 5.94. The van der Waals surface area contributed by atoms with E-state index in [-0.39, 0.29) is 5.28 Å². The van der Waals surface area contributed by atoms with Crippen molar-refractivity contribution in [2.45, 2.75) is 13.3 Å². The molecule has 3 rings (SSSR count). The molecule has 20 heavy (non-hydrogen) atoms. The van der Waals surface area contributed by atoms with E-state index in [0.717, 1.165) is 28.0 Å². The molecule has 0 atom stereocenters. The summed E-state index contributed by atoms with van der Waals surface area (Å²) in [6.45, 7) is 2.16. The molecule has 0 aliphatic heterocycles. The minimum Gasteiger partial charge on any atom is -0.372 e. The Hall–Kier alpha value is -1.65. The Morgan fingerprint density at radius 1 is 1.20 bits per heavy atom. The van der Waals surface area contributed by atoms with E-state index >= 15 is 0 Å². The third-order valence-electron chi connectivity index (χ3n) is 3.32. The van der Waals surface area contributed by atoms with Crippen molar-refractivity contribution in [3.63, 3.8) is 0 Å². The molecular weight excluding hydrogens is 290 g/mol. The summed E-state index contributed by atoms with van der Waals surface area (Å²) < 4.78 is 0. The Morgan fingerprint density at radius 2 is 1.95 bits per heavy atom. The van der Waals surface area contributed by atoms with Gasteiger partial charge in [-0.15, -0.1) is 11.3 Å². The van der Waals surface area contributed by atoms with E-state index in [2.05, 4.69) is 51.9 Å². The van der Waals surface area contributed by atoms with Gasteiger partial charge in [0, 0.05) is 18.0 Å². The van der Waals surface area contributed by atoms with E-state index in [9.17, 15) is 0 Å². The van der Waals surface area contributed by atoms with Crippen molar-refractivity contribution < 1.29 is 0 Å². The average molecular weight is 304 g/mol. The zero-order valence-electron chi connectivity index (χ0n) is 11.3. The topological polar surface area (TPSA) is 37.8 Å². The molecule has 2 heterocycles. The van der Waals surface area contributed by atoms with Crippen molar-refractivity contribution in [3.05, 3.63) is 40.5 Å². The molecule has 0 unspecified atom stereocenters. The van der Waals surface area contributed by atoms with Crippen LogP contribution in [-0.2, 0) is 6.42 Å². The van der Waals surface area contributed by atoms with Crippen LogP contribution in [0.2, 0.25) is 5.28 Å². The number of nitrogens with zero attached hydrogens (tertiary/aromatic N) is 2. The van der Waals surface area contributed by atoms with Gasteiger partial charge in [-0.1, -0.05) is 31.2 Å². The van der Waals surface area contributed by atoms with Crippen LogP contribution >= 0.6 is 22.9 Å². The first-order chi connectivity index (χ1) is 9.72. The number of aryl methyl sites for hydroxylation is 1. The number of fused-ring (bicyclic) bond motifs is 1. The Morgan fingerprint density at radius 3 is 2.60 bits per heavy atom. The molecule has 0 fully saturated rings. The zero-order chi connectivity index (χ0) is 14.1. The first-order valence-corrected chi connectivity index (χ1v) is 7.70. The van der Waals surface area contributed by atoms with Crippen LogP contribution in [0.5, 0.6) is 0 Å². The van der Waals surface area contributed by atoms with Crippen LogP contribution in [0.3, 0.4) is 0 Å². The fraction of sp³-hybridized carbons (Fsp3) is 0.200. The zero-order valence-corrected chi connectivity index (χ0v) is 12.8. The van der Waals surface area contributed by atoms with Crippen molar-refractivity contribution in [2.24, 2.45) is 0 Å². The average Bonchev–Trinajstić information content (AvgIpc) is 2.90. The van der Waals surface area contributed by atoms with E-state index in [1.54, 1.807) is 11.3 Å². The fourth-order valence-electron chi connectivity index (χ4n) is 2.23. The lowest BCUT2D eigenvalue weighted by atomic mass is 10.0. The number of benzene rings is 1. The molecule has 0 bridgehead atoms. The van der Waals surface area contributed by atoms with Crippen LogP contribution in [0.15, 0.2) is 29.6 Å². The van der Waals surface area contributed by atoms with Crippen LogP contribution in [0.1, 0.15) is 12.5 Å². The third kappa shape index (κ3) is 2.25. The standard InChI is InChI=1S/C15H14ClN3S/c1-3-9-4-6-10(7-5-9)11-8-20-14-12(11)13(17-2)18-15(16)19-14/h4-8H,3H2,1-2H3,(H,17,18,19). The van der Waals surface area contributed by atoms with Crippen LogP contribution in [-0.4, -0.2) is 17.0 Å². The number of nitrogens with one attached hydrogen (secondary N) is 1. The molecule has 3 aromatic rings. The molecule has 0 aliphatic rings. The number of anilines is 1. The van der Waals surface area contributed by atoms with E-state index in [1.165, 1.54) is 11.1 Å². The Kier molecular flexibility index (Phi) is 3.59. The second-order valence-corrected chi connectivity index (χ2v) is 5.67. The summed E-state index contributed by atoms with van der Waals surface area (Å²) in [5.41, 5.74) is 3.66. The lowest BCUT2D eigenvalue weighted by molar-refractivity contribution is 1.14. The van der Waals surface area contributed by atoms with E-state index < -0.39 is 0 Å². The van der Waals surface area contributed by atoms with Gasteiger partial charge in [-0.05, 0) is 29.1 Å². The molecule has 2 aromatic heterocycles. The normalized spacial score (nSPS) is 10.9. The summed E-state index contributed by atoms with van der Waals surface area (Å²) in [5, 5.41) is 6.52. The number of hydrogen-bond donors (Lipinski definition) is 1. The van der Waals surface area contributed by atoms with Gasteiger partial charge in [0.15, 0.2) is 0 Å². The smallest absolute Gasteiger partial charge is 0.225 e. The highest BCUT2D eigenvalue weighted by Gasteiger charge is 2.13. The Labute approximate surface area is 126 Å².